The second-order valence-corrected chi connectivity index (χ2v) is 10.1. The molecule has 6 nitrogen and oxygen atoms in total. The van der Waals surface area contributed by atoms with Crippen LogP contribution in [-0.4, -0.2) is 24.4 Å². The van der Waals surface area contributed by atoms with Gasteiger partial charge in [0.1, 0.15) is 5.82 Å². The van der Waals surface area contributed by atoms with Crippen LogP contribution in [0.3, 0.4) is 0 Å². The average Bonchev–Trinajstić information content (AvgIpc) is 3.23. The molecule has 1 atom stereocenters. The summed E-state index contributed by atoms with van der Waals surface area (Å²) in [6, 6.07) is 16.2. The van der Waals surface area contributed by atoms with Crippen LogP contribution in [0.2, 0.25) is 5.02 Å². The number of halogens is 1. The number of thioether (sulfide) groups is 1. The summed E-state index contributed by atoms with van der Waals surface area (Å²) in [5, 5.41) is 9.98. The number of rotatable bonds is 5. The molecule has 0 aliphatic rings. The first kappa shape index (κ1) is 20.8. The van der Waals surface area contributed by atoms with Gasteiger partial charge in [-0.25, -0.2) is 9.66 Å². The molecule has 2 N–H and O–H groups in total. The molecule has 0 amide bonds. The molecule has 0 fully saturated rings. The van der Waals surface area contributed by atoms with Gasteiger partial charge in [-0.15, -0.1) is 10.2 Å². The van der Waals surface area contributed by atoms with E-state index in [2.05, 4.69) is 54.6 Å². The zero-order valence-electron chi connectivity index (χ0n) is 17.5. The highest BCUT2D eigenvalue weighted by atomic mass is 35.5. The van der Waals surface area contributed by atoms with Crippen molar-refractivity contribution >= 4 is 34.4 Å². The van der Waals surface area contributed by atoms with Crippen LogP contribution in [-0.2, 0) is 12.0 Å². The Morgan fingerprint density at radius 1 is 1.10 bits per heavy atom. The van der Waals surface area contributed by atoms with E-state index in [9.17, 15) is 0 Å². The Balaban J connectivity index is 1.72. The maximum absolute atomic E-state index is 6.30. The molecule has 30 heavy (non-hydrogen) atoms. The molecule has 4 rings (SSSR count). The van der Waals surface area contributed by atoms with Crippen LogP contribution in [0.1, 0.15) is 50.2 Å². The Hall–Kier alpha value is -2.51. The number of aromatic nitrogens is 5. The van der Waals surface area contributed by atoms with Crippen LogP contribution in [0.4, 0.5) is 0 Å². The first-order chi connectivity index (χ1) is 14.2. The molecule has 0 saturated heterocycles. The second-order valence-electron chi connectivity index (χ2n) is 8.36. The van der Waals surface area contributed by atoms with Crippen LogP contribution in [0.25, 0.3) is 11.0 Å². The van der Waals surface area contributed by atoms with Crippen LogP contribution in [0.5, 0.6) is 0 Å². The summed E-state index contributed by atoms with van der Waals surface area (Å²) in [7, 11) is 0. The maximum atomic E-state index is 6.30. The molecule has 8 heteroatoms. The van der Waals surface area contributed by atoms with E-state index in [1.807, 2.05) is 36.4 Å². The van der Waals surface area contributed by atoms with E-state index >= 15 is 0 Å². The Labute approximate surface area is 185 Å². The number of benzene rings is 2. The predicted molar refractivity (Wildman–Crippen MR) is 123 cm³/mol. The van der Waals surface area contributed by atoms with Crippen LogP contribution in [0.15, 0.2) is 53.7 Å². The van der Waals surface area contributed by atoms with Gasteiger partial charge in [-0.2, -0.15) is 0 Å². The Morgan fingerprint density at radius 3 is 2.50 bits per heavy atom. The summed E-state index contributed by atoms with van der Waals surface area (Å²) < 4.78 is 3.82. The van der Waals surface area contributed by atoms with Gasteiger partial charge in [0.2, 0.25) is 5.16 Å². The lowest BCUT2D eigenvalue weighted by atomic mass is 9.96. The van der Waals surface area contributed by atoms with Gasteiger partial charge in [0.15, 0.2) is 5.82 Å². The molecule has 0 bridgehead atoms. The van der Waals surface area contributed by atoms with Gasteiger partial charge in [-0.3, -0.25) is 0 Å². The summed E-state index contributed by atoms with van der Waals surface area (Å²) in [4.78, 5) is 4.91. The number of nitrogen functional groups attached to an aromatic ring is 1. The highest BCUT2D eigenvalue weighted by molar-refractivity contribution is 7.99. The lowest BCUT2D eigenvalue weighted by molar-refractivity contribution is 0.523. The molecule has 2 aromatic carbocycles. The molecule has 156 valence electrons. The molecular weight excluding hydrogens is 416 g/mol. The summed E-state index contributed by atoms with van der Waals surface area (Å²) in [5.74, 6) is 8.00. The van der Waals surface area contributed by atoms with Crippen molar-refractivity contribution in [3.63, 3.8) is 0 Å². The molecule has 2 heterocycles. The minimum Gasteiger partial charge on any atom is -0.336 e. The average molecular weight is 441 g/mol. The van der Waals surface area contributed by atoms with Crippen molar-refractivity contribution in [2.75, 3.05) is 5.84 Å². The Bertz CT molecular complexity index is 1180. The van der Waals surface area contributed by atoms with Crippen molar-refractivity contribution in [1.29, 1.82) is 0 Å². The quantitative estimate of drug-likeness (QED) is 0.341. The number of hydrogen-bond donors (Lipinski definition) is 1. The highest BCUT2D eigenvalue weighted by Gasteiger charge is 2.25. The second kappa shape index (κ2) is 7.96. The van der Waals surface area contributed by atoms with Gasteiger partial charge >= 0.3 is 0 Å². The van der Waals surface area contributed by atoms with Crippen molar-refractivity contribution < 1.29 is 0 Å². The number of nitrogens with two attached hydrogens (primary N) is 1. The molecule has 1 unspecified atom stereocenters. The minimum atomic E-state index is -0.180. The van der Waals surface area contributed by atoms with E-state index < -0.39 is 0 Å². The third kappa shape index (κ3) is 4.04. The summed E-state index contributed by atoms with van der Waals surface area (Å²) >= 11 is 7.78. The molecule has 4 aromatic rings. The molecule has 0 radical (unpaired) electrons. The fourth-order valence-electron chi connectivity index (χ4n) is 3.44. The first-order valence-electron chi connectivity index (χ1n) is 9.81. The number of nitrogens with zero attached hydrogens (tertiary/aromatic N) is 5. The largest absolute Gasteiger partial charge is 0.336 e. The standard InChI is InChI=1S/C22H25ClN6S/c1-14(30-21-27-26-20(29(21)24)22(2,3)4)19-25-17-12-16(23)10-11-18(17)28(19)13-15-8-6-5-7-9-15/h5-12,14H,13,24H2,1-4H3. The monoisotopic (exact) mass is 440 g/mol. The van der Waals surface area contributed by atoms with Crippen LogP contribution < -0.4 is 5.84 Å². The van der Waals surface area contributed by atoms with Crippen molar-refractivity contribution in [2.45, 2.75) is 50.1 Å². The highest BCUT2D eigenvalue weighted by Crippen LogP contribution is 2.36. The zero-order chi connectivity index (χ0) is 21.5. The summed E-state index contributed by atoms with van der Waals surface area (Å²) in [6.07, 6.45) is 0. The number of hydrogen-bond acceptors (Lipinski definition) is 5. The molecule has 0 aliphatic carbocycles. The van der Waals surface area contributed by atoms with Gasteiger partial charge < -0.3 is 10.4 Å². The normalized spacial score (nSPS) is 13.1. The molecule has 0 aliphatic heterocycles. The van der Waals surface area contributed by atoms with Crippen LogP contribution in [0, 0.1) is 0 Å². The minimum absolute atomic E-state index is 0.0132. The predicted octanol–water partition coefficient (Wildman–Crippen LogP) is 5.19. The van der Waals surface area contributed by atoms with Crippen molar-refractivity contribution in [3.8, 4) is 0 Å². The van der Waals surface area contributed by atoms with Crippen LogP contribution >= 0.6 is 23.4 Å². The topological polar surface area (TPSA) is 74.6 Å². The van der Waals surface area contributed by atoms with Gasteiger partial charge in [0, 0.05) is 17.0 Å². The fraction of sp³-hybridized carbons (Fsp3) is 0.318. The first-order valence-corrected chi connectivity index (χ1v) is 11.1. The van der Waals surface area contributed by atoms with Gasteiger partial charge in [0.25, 0.3) is 0 Å². The molecule has 0 saturated carbocycles. The van der Waals surface area contributed by atoms with Crippen molar-refractivity contribution in [2.24, 2.45) is 0 Å². The molecule has 0 spiro atoms. The number of fused-ring (bicyclic) bond motifs is 1. The van der Waals surface area contributed by atoms with E-state index in [4.69, 9.17) is 22.4 Å². The smallest absolute Gasteiger partial charge is 0.210 e. The Morgan fingerprint density at radius 2 is 1.83 bits per heavy atom. The van der Waals surface area contributed by atoms with Gasteiger partial charge in [-0.1, -0.05) is 74.5 Å². The zero-order valence-corrected chi connectivity index (χ0v) is 19.1. The molecule has 2 aromatic heterocycles. The van der Waals surface area contributed by atoms with Crippen molar-refractivity contribution in [3.05, 3.63) is 70.8 Å². The van der Waals surface area contributed by atoms with Crippen molar-refractivity contribution in [1.82, 2.24) is 24.4 Å². The van der Waals surface area contributed by atoms with E-state index in [-0.39, 0.29) is 10.7 Å². The van der Waals surface area contributed by atoms with Gasteiger partial charge in [-0.05, 0) is 30.7 Å². The van der Waals surface area contributed by atoms with E-state index in [0.29, 0.717) is 10.2 Å². The van der Waals surface area contributed by atoms with E-state index in [1.54, 1.807) is 16.4 Å². The Kier molecular flexibility index (Phi) is 5.51. The van der Waals surface area contributed by atoms with Gasteiger partial charge in [0.05, 0.1) is 16.3 Å². The molecular formula is C22H25ClN6S. The number of imidazole rings is 1. The summed E-state index contributed by atoms with van der Waals surface area (Å²) in [5.41, 5.74) is 2.96. The fourth-order valence-corrected chi connectivity index (χ4v) is 4.50. The van der Waals surface area contributed by atoms with E-state index in [1.165, 1.54) is 5.56 Å². The third-order valence-electron chi connectivity index (χ3n) is 4.90. The SMILES string of the molecule is CC(Sc1nnc(C(C)(C)C)n1N)c1nc2cc(Cl)ccc2n1Cc1ccccc1. The lowest BCUT2D eigenvalue weighted by Crippen LogP contribution is -2.24. The maximum Gasteiger partial charge on any atom is 0.210 e. The van der Waals surface area contributed by atoms with E-state index in [0.717, 1.165) is 29.2 Å². The summed E-state index contributed by atoms with van der Waals surface area (Å²) in [6.45, 7) is 9.05. The lowest BCUT2D eigenvalue weighted by Gasteiger charge is -2.17. The third-order valence-corrected chi connectivity index (χ3v) is 6.19.